The minimum Gasteiger partial charge on any atom is -0.505 e. The number of nitrogens with one attached hydrogen (secondary N) is 1. The number of para-hydroxylation sites is 1. The molecule has 1 aromatic heterocycles. The molecule has 1 heterocycles. The van der Waals surface area contributed by atoms with Crippen molar-refractivity contribution in [2.45, 2.75) is 20.4 Å². The van der Waals surface area contributed by atoms with E-state index >= 15 is 0 Å². The first kappa shape index (κ1) is 23.6. The van der Waals surface area contributed by atoms with Crippen LogP contribution in [0.3, 0.4) is 0 Å². The zero-order chi connectivity index (χ0) is 24.6. The molecule has 0 saturated carbocycles. The van der Waals surface area contributed by atoms with Crippen molar-refractivity contribution in [1.29, 1.82) is 0 Å². The number of amides is 1. The smallest absolute Gasteiger partial charge is 0.263 e. The molecule has 0 saturated heterocycles. The predicted molar refractivity (Wildman–Crippen MR) is 134 cm³/mol. The molecule has 34 heavy (non-hydrogen) atoms. The molecule has 3 aromatic carbocycles. The van der Waals surface area contributed by atoms with Gasteiger partial charge in [0.05, 0.1) is 40.3 Å². The molecule has 7 nitrogen and oxygen atoms in total. The Labute approximate surface area is 205 Å². The molecular formula is C25H21Cl2N3O4. The van der Waals surface area contributed by atoms with Crippen LogP contribution in [0.4, 0.5) is 5.69 Å². The number of benzene rings is 3. The molecular weight excluding hydrogens is 477 g/mol. The molecule has 0 radical (unpaired) electrons. The first-order valence-electron chi connectivity index (χ1n) is 10.3. The maximum absolute atomic E-state index is 13.7. The van der Waals surface area contributed by atoms with Crippen molar-refractivity contribution in [2.24, 2.45) is 0 Å². The van der Waals surface area contributed by atoms with Crippen molar-refractivity contribution in [3.8, 4) is 11.5 Å². The molecule has 0 bridgehead atoms. The number of aromatic nitrogens is 2. The topological polar surface area (TPSA) is 93.4 Å². The van der Waals surface area contributed by atoms with Crippen LogP contribution in [0, 0.1) is 13.8 Å². The number of aryl methyl sites for hydroxylation is 2. The van der Waals surface area contributed by atoms with E-state index in [1.807, 2.05) is 31.2 Å². The molecule has 0 aliphatic heterocycles. The molecule has 0 aliphatic rings. The maximum Gasteiger partial charge on any atom is 0.263 e. The van der Waals surface area contributed by atoms with E-state index in [1.165, 1.54) is 12.1 Å². The monoisotopic (exact) mass is 497 g/mol. The fourth-order valence-electron chi connectivity index (χ4n) is 3.75. The van der Waals surface area contributed by atoms with Crippen LogP contribution in [0.1, 0.15) is 27.3 Å². The van der Waals surface area contributed by atoms with E-state index in [4.69, 9.17) is 27.9 Å². The number of anilines is 1. The summed E-state index contributed by atoms with van der Waals surface area (Å²) in [4.78, 5) is 31.3. The van der Waals surface area contributed by atoms with E-state index < -0.39 is 5.91 Å². The highest BCUT2D eigenvalue weighted by molar-refractivity contribution is 6.37. The number of nitrogens with zero attached hydrogens (tertiary/aromatic N) is 2. The Morgan fingerprint density at radius 1 is 1.12 bits per heavy atom. The highest BCUT2D eigenvalue weighted by Crippen LogP contribution is 2.33. The predicted octanol–water partition coefficient (Wildman–Crippen LogP) is 5.33. The van der Waals surface area contributed by atoms with E-state index in [0.29, 0.717) is 22.8 Å². The van der Waals surface area contributed by atoms with Gasteiger partial charge in [-0.15, -0.1) is 0 Å². The summed E-state index contributed by atoms with van der Waals surface area (Å²) in [5.41, 5.74) is 2.26. The van der Waals surface area contributed by atoms with E-state index in [2.05, 4.69) is 10.3 Å². The summed E-state index contributed by atoms with van der Waals surface area (Å²) in [6, 6.07) is 13.5. The van der Waals surface area contributed by atoms with Crippen molar-refractivity contribution in [3.63, 3.8) is 0 Å². The summed E-state index contributed by atoms with van der Waals surface area (Å²) >= 11 is 11.9. The Morgan fingerprint density at radius 2 is 1.79 bits per heavy atom. The molecule has 0 aliphatic carbocycles. The molecule has 0 unspecified atom stereocenters. The highest BCUT2D eigenvalue weighted by Gasteiger charge is 2.18. The second-order valence-electron chi connectivity index (χ2n) is 7.76. The quantitative estimate of drug-likeness (QED) is 0.388. The zero-order valence-corrected chi connectivity index (χ0v) is 20.2. The van der Waals surface area contributed by atoms with Crippen LogP contribution in [-0.4, -0.2) is 27.7 Å². The number of methoxy groups -OCH3 is 1. The van der Waals surface area contributed by atoms with Gasteiger partial charge in [0.1, 0.15) is 11.6 Å². The van der Waals surface area contributed by atoms with Gasteiger partial charge < -0.3 is 15.2 Å². The van der Waals surface area contributed by atoms with Gasteiger partial charge in [-0.2, -0.15) is 0 Å². The van der Waals surface area contributed by atoms with Crippen LogP contribution in [0.25, 0.3) is 10.9 Å². The second-order valence-corrected chi connectivity index (χ2v) is 8.57. The van der Waals surface area contributed by atoms with E-state index in [1.54, 1.807) is 30.7 Å². The fraction of sp³-hybridized carbons (Fsp3) is 0.160. The third kappa shape index (κ3) is 4.32. The Kier molecular flexibility index (Phi) is 6.50. The van der Waals surface area contributed by atoms with Crippen LogP contribution < -0.4 is 15.6 Å². The Morgan fingerprint density at radius 3 is 2.47 bits per heavy atom. The molecule has 174 valence electrons. The van der Waals surface area contributed by atoms with Gasteiger partial charge in [-0.05, 0) is 43.7 Å². The number of halogens is 2. The van der Waals surface area contributed by atoms with Crippen LogP contribution >= 0.6 is 23.2 Å². The van der Waals surface area contributed by atoms with Gasteiger partial charge in [-0.3, -0.25) is 14.2 Å². The number of phenolic OH excluding ortho intramolecular Hbond substituents is 1. The average Bonchev–Trinajstić information content (AvgIpc) is 2.81. The maximum atomic E-state index is 13.7. The first-order chi connectivity index (χ1) is 16.2. The van der Waals surface area contributed by atoms with Gasteiger partial charge in [0, 0.05) is 11.1 Å². The van der Waals surface area contributed by atoms with Crippen LogP contribution in [-0.2, 0) is 6.54 Å². The molecule has 2 N–H and O–H groups in total. The summed E-state index contributed by atoms with van der Waals surface area (Å²) < 4.78 is 6.97. The van der Waals surface area contributed by atoms with Gasteiger partial charge in [0.2, 0.25) is 0 Å². The van der Waals surface area contributed by atoms with Crippen LogP contribution in [0.15, 0.2) is 53.3 Å². The van der Waals surface area contributed by atoms with Crippen LogP contribution in [0.5, 0.6) is 11.5 Å². The normalized spacial score (nSPS) is 11.0. The van der Waals surface area contributed by atoms with E-state index in [0.717, 1.165) is 11.1 Å². The molecule has 0 fully saturated rings. The fourth-order valence-corrected chi connectivity index (χ4v) is 4.23. The van der Waals surface area contributed by atoms with Crippen molar-refractivity contribution in [1.82, 2.24) is 9.55 Å². The summed E-state index contributed by atoms with van der Waals surface area (Å²) in [6.07, 6.45) is 0. The van der Waals surface area contributed by atoms with Gasteiger partial charge in [0.25, 0.3) is 11.5 Å². The third-order valence-electron chi connectivity index (χ3n) is 5.55. The third-order valence-corrected chi connectivity index (χ3v) is 6.13. The number of carbonyl (C=O) groups excluding carboxylic acids is 1. The summed E-state index contributed by atoms with van der Waals surface area (Å²) in [5.74, 6) is 0.351. The Balaban J connectivity index is 1.82. The lowest BCUT2D eigenvalue weighted by Gasteiger charge is -2.16. The molecule has 1 amide bonds. The van der Waals surface area contributed by atoms with Gasteiger partial charge in [-0.1, -0.05) is 47.5 Å². The lowest BCUT2D eigenvalue weighted by molar-refractivity contribution is 0.102. The largest absolute Gasteiger partial charge is 0.505 e. The SMILES string of the molecule is COc1ccccc1Cn1c(C)nc2c(C)ccc(NC(=O)c3cc(Cl)c(O)c(Cl)c3)c2c1=O. The van der Waals surface area contributed by atoms with E-state index in [-0.39, 0.29) is 38.8 Å². The molecule has 4 aromatic rings. The van der Waals surface area contributed by atoms with Gasteiger partial charge >= 0.3 is 0 Å². The van der Waals surface area contributed by atoms with Gasteiger partial charge in [-0.25, -0.2) is 4.98 Å². The number of phenols is 1. The standard InChI is InChI=1S/C25H21Cl2N3O4/c1-13-8-9-19(29-24(32)16-10-17(26)23(31)18(27)11-16)21-22(13)28-14(2)30(25(21)33)12-15-6-4-5-7-20(15)34-3/h4-11,31H,12H2,1-3H3,(H,29,32). The Bertz CT molecular complexity index is 1480. The molecule has 0 spiro atoms. The van der Waals surface area contributed by atoms with Crippen molar-refractivity contribution < 1.29 is 14.6 Å². The van der Waals surface area contributed by atoms with Gasteiger partial charge in [0.15, 0.2) is 5.75 Å². The molecule has 9 heteroatoms. The number of fused-ring (bicyclic) bond motifs is 1. The zero-order valence-electron chi connectivity index (χ0n) is 18.6. The lowest BCUT2D eigenvalue weighted by Crippen LogP contribution is -2.26. The molecule has 0 atom stereocenters. The first-order valence-corrected chi connectivity index (χ1v) is 11.1. The minimum absolute atomic E-state index is 0.0529. The number of ether oxygens (including phenoxy) is 1. The van der Waals surface area contributed by atoms with E-state index in [9.17, 15) is 14.7 Å². The summed E-state index contributed by atoms with van der Waals surface area (Å²) in [7, 11) is 1.58. The number of carbonyl (C=O) groups is 1. The second kappa shape index (κ2) is 9.37. The summed E-state index contributed by atoms with van der Waals surface area (Å²) in [6.45, 7) is 3.87. The van der Waals surface area contributed by atoms with Crippen molar-refractivity contribution >= 4 is 45.7 Å². The number of hydrogen-bond donors (Lipinski definition) is 2. The highest BCUT2D eigenvalue weighted by atomic mass is 35.5. The van der Waals surface area contributed by atoms with Crippen molar-refractivity contribution in [3.05, 3.63) is 91.4 Å². The average molecular weight is 498 g/mol. The number of aromatic hydroxyl groups is 1. The van der Waals surface area contributed by atoms with Crippen LogP contribution in [0.2, 0.25) is 10.0 Å². The lowest BCUT2D eigenvalue weighted by atomic mass is 10.1. The van der Waals surface area contributed by atoms with Crippen molar-refractivity contribution in [2.75, 3.05) is 12.4 Å². The minimum atomic E-state index is -0.537. The summed E-state index contributed by atoms with van der Waals surface area (Å²) in [5, 5.41) is 12.7. The number of rotatable bonds is 5. The Hall–Kier alpha value is -3.55. The molecule has 4 rings (SSSR count). The number of hydrogen-bond acceptors (Lipinski definition) is 5.